The summed E-state index contributed by atoms with van der Waals surface area (Å²) in [5.74, 6) is 0.927. The van der Waals surface area contributed by atoms with Crippen molar-refractivity contribution in [1.29, 1.82) is 0 Å². The molecule has 2 aliphatic rings. The summed E-state index contributed by atoms with van der Waals surface area (Å²) in [5, 5.41) is 0. The molecule has 0 atom stereocenters. The van der Waals surface area contributed by atoms with Crippen molar-refractivity contribution in [3.8, 4) is 0 Å². The Morgan fingerprint density at radius 1 is 1.19 bits per heavy atom. The van der Waals surface area contributed by atoms with Gasteiger partial charge in [-0.1, -0.05) is 19.3 Å². The van der Waals surface area contributed by atoms with Crippen LogP contribution in [0.2, 0.25) is 0 Å². The number of nitrogens with zero attached hydrogens (tertiary/aromatic N) is 3. The summed E-state index contributed by atoms with van der Waals surface area (Å²) in [6, 6.07) is 0. The number of aromatic nitrogens is 2. The summed E-state index contributed by atoms with van der Waals surface area (Å²) in [5.41, 5.74) is 2.57. The fourth-order valence-electron chi connectivity index (χ4n) is 3.03. The number of fused-ring (bicyclic) bond motifs is 1. The molecule has 1 aliphatic heterocycles. The lowest BCUT2D eigenvalue weighted by atomic mass is 9.89. The summed E-state index contributed by atoms with van der Waals surface area (Å²) >= 11 is 0. The van der Waals surface area contributed by atoms with Crippen molar-refractivity contribution in [1.82, 2.24) is 14.9 Å². The lowest BCUT2D eigenvalue weighted by molar-refractivity contribution is 0.202. The van der Waals surface area contributed by atoms with Crippen molar-refractivity contribution in [2.24, 2.45) is 5.92 Å². The van der Waals surface area contributed by atoms with Gasteiger partial charge in [0.1, 0.15) is 6.33 Å². The molecule has 0 saturated heterocycles. The van der Waals surface area contributed by atoms with Gasteiger partial charge in [0.05, 0.1) is 5.69 Å². The molecule has 0 radical (unpaired) electrons. The zero-order chi connectivity index (χ0) is 10.8. The van der Waals surface area contributed by atoms with E-state index in [0.29, 0.717) is 0 Å². The highest BCUT2D eigenvalue weighted by atomic mass is 15.2. The lowest BCUT2D eigenvalue weighted by Gasteiger charge is -2.26. The largest absolute Gasteiger partial charge is 0.293 e. The van der Waals surface area contributed by atoms with Gasteiger partial charge in [-0.25, -0.2) is 9.97 Å². The monoisotopic (exact) mass is 217 g/mol. The number of rotatable bonds is 2. The average molecular weight is 217 g/mol. The quantitative estimate of drug-likeness (QED) is 0.761. The Balaban J connectivity index is 1.59. The maximum absolute atomic E-state index is 4.35. The Labute approximate surface area is 96.9 Å². The van der Waals surface area contributed by atoms with E-state index in [1.54, 1.807) is 6.33 Å². The van der Waals surface area contributed by atoms with E-state index in [0.717, 1.165) is 19.0 Å². The highest BCUT2D eigenvalue weighted by molar-refractivity contribution is 5.20. The maximum Gasteiger partial charge on any atom is 0.115 e. The molecule has 0 bridgehead atoms. The lowest BCUT2D eigenvalue weighted by Crippen LogP contribution is -2.26. The van der Waals surface area contributed by atoms with Gasteiger partial charge in [0.15, 0.2) is 0 Å². The first-order valence-electron chi connectivity index (χ1n) is 6.42. The summed E-state index contributed by atoms with van der Waals surface area (Å²) in [6.07, 6.45) is 10.8. The zero-order valence-corrected chi connectivity index (χ0v) is 9.73. The van der Waals surface area contributed by atoms with Crippen LogP contribution in [0.25, 0.3) is 0 Å². The van der Waals surface area contributed by atoms with Crippen LogP contribution in [0.15, 0.2) is 12.5 Å². The molecule has 0 aromatic carbocycles. The van der Waals surface area contributed by atoms with Gasteiger partial charge in [-0.15, -0.1) is 0 Å². The molecule has 1 aliphatic carbocycles. The third-order valence-corrected chi connectivity index (χ3v) is 3.89. The molecule has 0 N–H and O–H groups in total. The van der Waals surface area contributed by atoms with Gasteiger partial charge < -0.3 is 0 Å². The van der Waals surface area contributed by atoms with Crippen molar-refractivity contribution >= 4 is 0 Å². The van der Waals surface area contributed by atoms with E-state index in [4.69, 9.17) is 0 Å². The Kier molecular flexibility index (Phi) is 2.87. The third-order valence-electron chi connectivity index (χ3n) is 3.89. The smallest absolute Gasteiger partial charge is 0.115 e. The van der Waals surface area contributed by atoms with E-state index in [1.807, 2.05) is 6.20 Å². The molecule has 86 valence electrons. The molecule has 1 fully saturated rings. The van der Waals surface area contributed by atoms with E-state index in [1.165, 1.54) is 49.9 Å². The van der Waals surface area contributed by atoms with E-state index in [9.17, 15) is 0 Å². The van der Waals surface area contributed by atoms with E-state index >= 15 is 0 Å². The van der Waals surface area contributed by atoms with Crippen LogP contribution in [0.5, 0.6) is 0 Å². The second-order valence-corrected chi connectivity index (χ2v) is 5.17. The molecule has 2 heterocycles. The standard InChI is InChI=1S/C13H19N3/c1-2-4-11(5-3-1)7-16-8-12-6-14-10-15-13(12)9-16/h6,10-11H,1-5,7-9H2. The fraction of sp³-hybridized carbons (Fsp3) is 0.692. The molecule has 0 unspecified atom stereocenters. The van der Waals surface area contributed by atoms with Crippen LogP contribution in [0.1, 0.15) is 43.4 Å². The molecule has 0 amide bonds. The third kappa shape index (κ3) is 2.09. The molecule has 3 heteroatoms. The first-order chi connectivity index (χ1) is 7.92. The fourth-order valence-corrected chi connectivity index (χ4v) is 3.03. The first kappa shape index (κ1) is 10.2. The average Bonchev–Trinajstić information content (AvgIpc) is 2.72. The summed E-state index contributed by atoms with van der Waals surface area (Å²) in [7, 11) is 0. The maximum atomic E-state index is 4.35. The number of hydrogen-bond acceptors (Lipinski definition) is 3. The zero-order valence-electron chi connectivity index (χ0n) is 9.73. The topological polar surface area (TPSA) is 29.0 Å². The molecule has 1 aromatic heterocycles. The minimum atomic E-state index is 0.927. The van der Waals surface area contributed by atoms with E-state index in [2.05, 4.69) is 14.9 Å². The van der Waals surface area contributed by atoms with Crippen molar-refractivity contribution in [2.45, 2.75) is 45.2 Å². The van der Waals surface area contributed by atoms with Gasteiger partial charge >= 0.3 is 0 Å². The summed E-state index contributed by atoms with van der Waals surface area (Å²) in [4.78, 5) is 11.0. The Hall–Kier alpha value is -0.960. The van der Waals surface area contributed by atoms with Crippen molar-refractivity contribution < 1.29 is 0 Å². The van der Waals surface area contributed by atoms with Crippen LogP contribution in [-0.2, 0) is 13.1 Å². The molecule has 0 spiro atoms. The van der Waals surface area contributed by atoms with Crippen LogP contribution in [0.4, 0.5) is 0 Å². The normalized spacial score (nSPS) is 22.2. The van der Waals surface area contributed by atoms with Crippen LogP contribution in [-0.4, -0.2) is 21.4 Å². The van der Waals surface area contributed by atoms with Gasteiger partial charge in [0, 0.05) is 31.4 Å². The van der Waals surface area contributed by atoms with E-state index < -0.39 is 0 Å². The summed E-state index contributed by atoms with van der Waals surface area (Å²) < 4.78 is 0. The minimum absolute atomic E-state index is 0.927. The molecule has 1 saturated carbocycles. The second kappa shape index (κ2) is 4.50. The highest BCUT2D eigenvalue weighted by Crippen LogP contribution is 2.27. The van der Waals surface area contributed by atoms with Crippen molar-refractivity contribution in [3.05, 3.63) is 23.8 Å². The predicted octanol–water partition coefficient (Wildman–Crippen LogP) is 2.37. The predicted molar refractivity (Wildman–Crippen MR) is 62.7 cm³/mol. The van der Waals surface area contributed by atoms with Crippen LogP contribution >= 0.6 is 0 Å². The van der Waals surface area contributed by atoms with Gasteiger partial charge in [-0.05, 0) is 18.8 Å². The first-order valence-corrected chi connectivity index (χ1v) is 6.42. The van der Waals surface area contributed by atoms with Crippen LogP contribution in [0, 0.1) is 5.92 Å². The van der Waals surface area contributed by atoms with Crippen LogP contribution in [0.3, 0.4) is 0 Å². The van der Waals surface area contributed by atoms with Crippen LogP contribution < -0.4 is 0 Å². The number of hydrogen-bond donors (Lipinski definition) is 0. The Morgan fingerprint density at radius 3 is 2.88 bits per heavy atom. The van der Waals surface area contributed by atoms with Gasteiger partial charge in [-0.2, -0.15) is 0 Å². The molecular weight excluding hydrogens is 198 g/mol. The van der Waals surface area contributed by atoms with Gasteiger partial charge in [-0.3, -0.25) is 4.90 Å². The van der Waals surface area contributed by atoms with Gasteiger partial charge in [0.2, 0.25) is 0 Å². The summed E-state index contributed by atoms with van der Waals surface area (Å²) in [6.45, 7) is 3.36. The second-order valence-electron chi connectivity index (χ2n) is 5.17. The molecule has 16 heavy (non-hydrogen) atoms. The Bertz CT molecular complexity index is 333. The van der Waals surface area contributed by atoms with Crippen molar-refractivity contribution in [2.75, 3.05) is 6.54 Å². The molecular formula is C13H19N3. The Morgan fingerprint density at radius 2 is 2.06 bits per heavy atom. The SMILES string of the molecule is c1ncc2c(n1)CN(CC1CCCCC1)C2. The highest BCUT2D eigenvalue weighted by Gasteiger charge is 2.23. The molecule has 1 aromatic rings. The van der Waals surface area contributed by atoms with E-state index in [-0.39, 0.29) is 0 Å². The minimum Gasteiger partial charge on any atom is -0.293 e. The van der Waals surface area contributed by atoms with Gasteiger partial charge in [0.25, 0.3) is 0 Å². The molecule has 3 nitrogen and oxygen atoms in total. The van der Waals surface area contributed by atoms with Crippen molar-refractivity contribution in [3.63, 3.8) is 0 Å². The molecule has 3 rings (SSSR count).